The third-order valence-electron chi connectivity index (χ3n) is 4.30. The fourth-order valence-electron chi connectivity index (χ4n) is 2.92. The predicted octanol–water partition coefficient (Wildman–Crippen LogP) is 4.11. The van der Waals surface area contributed by atoms with E-state index in [0.717, 1.165) is 19.3 Å². The van der Waals surface area contributed by atoms with Crippen molar-refractivity contribution in [3.05, 3.63) is 36.5 Å². The number of rotatable bonds is 5. The highest BCUT2D eigenvalue weighted by atomic mass is 16.3. The molecule has 0 aromatic heterocycles. The van der Waals surface area contributed by atoms with Crippen molar-refractivity contribution in [3.63, 3.8) is 0 Å². The van der Waals surface area contributed by atoms with Crippen molar-refractivity contribution in [3.8, 4) is 0 Å². The lowest BCUT2D eigenvalue weighted by Gasteiger charge is -2.41. The lowest BCUT2D eigenvalue weighted by Crippen LogP contribution is -2.35. The van der Waals surface area contributed by atoms with Gasteiger partial charge in [0.2, 0.25) is 0 Å². The molecule has 0 saturated carbocycles. The molecule has 1 unspecified atom stereocenters. The smallest absolute Gasteiger partial charge is 0.0493 e. The van der Waals surface area contributed by atoms with E-state index >= 15 is 0 Å². The zero-order valence-corrected chi connectivity index (χ0v) is 11.5. The zero-order chi connectivity index (χ0) is 13.1. The maximum atomic E-state index is 9.71. The fraction of sp³-hybridized carbons (Fsp3) is 0.625. The summed E-state index contributed by atoms with van der Waals surface area (Å²) in [6.45, 7) is 14.6. The van der Waals surface area contributed by atoms with E-state index in [1.807, 2.05) is 6.08 Å². The summed E-state index contributed by atoms with van der Waals surface area (Å²) in [5.74, 6) is 1.01. The van der Waals surface area contributed by atoms with Gasteiger partial charge in [-0.25, -0.2) is 0 Å². The molecular formula is C16H26O. The molecule has 0 heterocycles. The van der Waals surface area contributed by atoms with Crippen LogP contribution in [0.3, 0.4) is 0 Å². The minimum Gasteiger partial charge on any atom is -0.396 e. The number of aliphatic hydroxyl groups excluding tert-OH is 1. The van der Waals surface area contributed by atoms with Gasteiger partial charge in [-0.05, 0) is 44.9 Å². The van der Waals surface area contributed by atoms with Gasteiger partial charge in [0.05, 0.1) is 0 Å². The molecule has 0 saturated heterocycles. The van der Waals surface area contributed by atoms with Crippen LogP contribution in [0.1, 0.15) is 40.0 Å². The van der Waals surface area contributed by atoms with Gasteiger partial charge in [-0.2, -0.15) is 0 Å². The first-order chi connectivity index (χ1) is 7.94. The van der Waals surface area contributed by atoms with Crippen molar-refractivity contribution < 1.29 is 5.11 Å². The first-order valence-electron chi connectivity index (χ1n) is 6.48. The average molecular weight is 234 g/mol. The Balaban J connectivity index is 2.94. The van der Waals surface area contributed by atoms with Crippen LogP contribution in [-0.2, 0) is 0 Å². The highest BCUT2D eigenvalue weighted by Gasteiger charge is 2.36. The van der Waals surface area contributed by atoms with E-state index < -0.39 is 0 Å². The third kappa shape index (κ3) is 3.10. The Morgan fingerprint density at radius 1 is 1.65 bits per heavy atom. The van der Waals surface area contributed by atoms with Crippen molar-refractivity contribution in [2.45, 2.75) is 40.0 Å². The Kier molecular flexibility index (Phi) is 4.76. The molecule has 0 aliphatic heterocycles. The molecule has 0 amide bonds. The van der Waals surface area contributed by atoms with Crippen LogP contribution in [0.2, 0.25) is 0 Å². The van der Waals surface area contributed by atoms with Gasteiger partial charge in [0.1, 0.15) is 0 Å². The van der Waals surface area contributed by atoms with Crippen molar-refractivity contribution in [2.75, 3.05) is 6.61 Å². The third-order valence-corrected chi connectivity index (χ3v) is 4.30. The molecule has 1 nitrogen and oxygen atoms in total. The van der Waals surface area contributed by atoms with E-state index in [-0.39, 0.29) is 12.0 Å². The van der Waals surface area contributed by atoms with Crippen molar-refractivity contribution in [2.24, 2.45) is 17.3 Å². The van der Waals surface area contributed by atoms with Gasteiger partial charge < -0.3 is 5.11 Å². The number of hydrogen-bond acceptors (Lipinski definition) is 1. The van der Waals surface area contributed by atoms with Crippen LogP contribution in [0, 0.1) is 17.3 Å². The topological polar surface area (TPSA) is 20.2 Å². The molecule has 3 atom stereocenters. The van der Waals surface area contributed by atoms with Crippen LogP contribution < -0.4 is 0 Å². The Morgan fingerprint density at radius 2 is 2.29 bits per heavy atom. The highest BCUT2D eigenvalue weighted by Crippen LogP contribution is 2.44. The summed E-state index contributed by atoms with van der Waals surface area (Å²) in [5, 5.41) is 9.71. The molecule has 0 radical (unpaired) electrons. The van der Waals surface area contributed by atoms with Gasteiger partial charge in [-0.3, -0.25) is 0 Å². The molecule has 1 aliphatic carbocycles. The summed E-state index contributed by atoms with van der Waals surface area (Å²) in [6, 6.07) is 0. The number of aliphatic hydroxyl groups is 1. The van der Waals surface area contributed by atoms with Gasteiger partial charge in [0.15, 0.2) is 0 Å². The standard InChI is InChI=1S/C16H26O/c1-6-9-16(5,11-17)15-10-14(12(2)3)8-7-13(15)4/h6-7,14-15,17H,1-2,8-11H2,3-5H3/t14-,15-,16?/m0/s1. The number of hydrogen-bond donors (Lipinski definition) is 1. The molecule has 1 N–H and O–H groups in total. The Labute approximate surface area is 106 Å². The zero-order valence-electron chi connectivity index (χ0n) is 11.5. The van der Waals surface area contributed by atoms with Crippen molar-refractivity contribution in [1.29, 1.82) is 0 Å². The average Bonchev–Trinajstić information content (AvgIpc) is 2.29. The van der Waals surface area contributed by atoms with Gasteiger partial charge in [0, 0.05) is 12.0 Å². The van der Waals surface area contributed by atoms with Crippen LogP contribution in [-0.4, -0.2) is 11.7 Å². The first kappa shape index (κ1) is 14.2. The second-order valence-corrected chi connectivity index (χ2v) is 5.82. The maximum absolute atomic E-state index is 9.71. The second kappa shape index (κ2) is 5.68. The minimum atomic E-state index is -0.0730. The van der Waals surface area contributed by atoms with E-state index in [4.69, 9.17) is 0 Å². The molecule has 0 aromatic carbocycles. The van der Waals surface area contributed by atoms with Crippen LogP contribution in [0.5, 0.6) is 0 Å². The molecule has 0 bridgehead atoms. The Morgan fingerprint density at radius 3 is 2.76 bits per heavy atom. The fourth-order valence-corrected chi connectivity index (χ4v) is 2.92. The normalized spacial score (nSPS) is 28.1. The molecule has 1 rings (SSSR count). The van der Waals surface area contributed by atoms with Crippen LogP contribution in [0.25, 0.3) is 0 Å². The summed E-state index contributed by atoms with van der Waals surface area (Å²) < 4.78 is 0. The monoisotopic (exact) mass is 234 g/mol. The van der Waals surface area contributed by atoms with E-state index in [1.165, 1.54) is 11.1 Å². The van der Waals surface area contributed by atoms with Gasteiger partial charge >= 0.3 is 0 Å². The maximum Gasteiger partial charge on any atom is 0.0493 e. The summed E-state index contributed by atoms with van der Waals surface area (Å²) in [4.78, 5) is 0. The molecule has 1 heteroatoms. The Bertz CT molecular complexity index is 326. The lowest BCUT2D eigenvalue weighted by atomic mass is 9.65. The van der Waals surface area contributed by atoms with Crippen LogP contribution in [0.15, 0.2) is 36.5 Å². The highest BCUT2D eigenvalue weighted by molar-refractivity contribution is 5.17. The molecule has 17 heavy (non-hydrogen) atoms. The van der Waals surface area contributed by atoms with E-state index in [1.54, 1.807) is 0 Å². The molecule has 0 fully saturated rings. The minimum absolute atomic E-state index is 0.0730. The first-order valence-corrected chi connectivity index (χ1v) is 6.48. The molecule has 0 spiro atoms. The quantitative estimate of drug-likeness (QED) is 0.710. The largest absolute Gasteiger partial charge is 0.396 e. The van der Waals surface area contributed by atoms with Crippen LogP contribution >= 0.6 is 0 Å². The molecule has 0 aromatic rings. The van der Waals surface area contributed by atoms with E-state index in [9.17, 15) is 5.11 Å². The SMILES string of the molecule is C=CCC(C)(CO)[C@H]1C[C@@H](C(=C)C)CC=C1C. The van der Waals surface area contributed by atoms with E-state index in [2.05, 4.69) is 40.0 Å². The van der Waals surface area contributed by atoms with Gasteiger partial charge in [-0.15, -0.1) is 6.58 Å². The molecule has 96 valence electrons. The van der Waals surface area contributed by atoms with Crippen LogP contribution in [0.4, 0.5) is 0 Å². The van der Waals surface area contributed by atoms with Crippen molar-refractivity contribution in [1.82, 2.24) is 0 Å². The summed E-state index contributed by atoms with van der Waals surface area (Å²) in [5.41, 5.74) is 2.61. The Hall–Kier alpha value is -0.820. The van der Waals surface area contributed by atoms with Gasteiger partial charge in [0.25, 0.3) is 0 Å². The van der Waals surface area contributed by atoms with E-state index in [0.29, 0.717) is 11.8 Å². The second-order valence-electron chi connectivity index (χ2n) is 5.82. The summed E-state index contributed by atoms with van der Waals surface area (Å²) in [7, 11) is 0. The number of allylic oxidation sites excluding steroid dienone is 4. The molecule has 1 aliphatic rings. The van der Waals surface area contributed by atoms with Gasteiger partial charge in [-0.1, -0.05) is 36.8 Å². The lowest BCUT2D eigenvalue weighted by molar-refractivity contribution is 0.0829. The summed E-state index contributed by atoms with van der Waals surface area (Å²) >= 11 is 0. The predicted molar refractivity (Wildman–Crippen MR) is 74.8 cm³/mol. The molecular weight excluding hydrogens is 208 g/mol. The summed E-state index contributed by atoms with van der Waals surface area (Å²) in [6.07, 6.45) is 7.33. The van der Waals surface area contributed by atoms with Crippen molar-refractivity contribution >= 4 is 0 Å².